The number of nitrogens with one attached hydrogen (secondary N) is 1. The van der Waals surface area contributed by atoms with E-state index in [1.54, 1.807) is 29.2 Å². The van der Waals surface area contributed by atoms with Crippen LogP contribution in [-0.4, -0.2) is 71.2 Å². The van der Waals surface area contributed by atoms with E-state index in [9.17, 15) is 13.2 Å². The van der Waals surface area contributed by atoms with Gasteiger partial charge in [-0.15, -0.1) is 0 Å². The quantitative estimate of drug-likeness (QED) is 0.244. The molecule has 0 bridgehead atoms. The van der Waals surface area contributed by atoms with Crippen molar-refractivity contribution in [2.75, 3.05) is 26.8 Å². The van der Waals surface area contributed by atoms with E-state index in [-0.39, 0.29) is 16.5 Å². The minimum Gasteiger partial charge on any atom is -0.481 e. The van der Waals surface area contributed by atoms with Gasteiger partial charge >= 0.3 is 6.09 Å². The zero-order valence-corrected chi connectivity index (χ0v) is 27.1. The first-order chi connectivity index (χ1) is 17.9. The number of pyridine rings is 1. The molecule has 0 saturated carbocycles. The van der Waals surface area contributed by atoms with Crippen LogP contribution >= 0.6 is 0 Å². The third-order valence-corrected chi connectivity index (χ3v) is 13.1. The van der Waals surface area contributed by atoms with E-state index in [1.165, 1.54) is 13.3 Å². The Balaban J connectivity index is 2.23. The number of carbonyl (C=O) groups is 1. The fourth-order valence-electron chi connectivity index (χ4n) is 3.73. The minimum absolute atomic E-state index is 0.0884. The van der Waals surface area contributed by atoms with E-state index in [4.69, 9.17) is 13.9 Å². The Kier molecular flexibility index (Phi) is 11.0. The molecule has 0 fully saturated rings. The van der Waals surface area contributed by atoms with Gasteiger partial charge in [0.1, 0.15) is 5.60 Å². The highest BCUT2D eigenvalue weighted by Crippen LogP contribution is 2.36. The first kappa shape index (κ1) is 33.0. The van der Waals surface area contributed by atoms with E-state index in [2.05, 4.69) is 43.6 Å². The summed E-state index contributed by atoms with van der Waals surface area (Å²) in [7, 11) is -4.34. The van der Waals surface area contributed by atoms with Crippen LogP contribution in [0.4, 0.5) is 4.79 Å². The van der Waals surface area contributed by atoms with E-state index >= 15 is 0 Å². The van der Waals surface area contributed by atoms with E-state index in [0.717, 1.165) is 0 Å². The van der Waals surface area contributed by atoms with Crippen molar-refractivity contribution in [1.82, 2.24) is 14.6 Å². The van der Waals surface area contributed by atoms with Crippen LogP contribution in [0, 0.1) is 0 Å². The summed E-state index contributed by atoms with van der Waals surface area (Å²) in [5, 5.41) is 1.21. The molecule has 0 radical (unpaired) electrons. The number of amides is 1. The number of ether oxygens (including phenoxy) is 2. The average Bonchev–Trinajstić information content (AvgIpc) is 2.82. The summed E-state index contributed by atoms with van der Waals surface area (Å²) in [5.41, 5.74) is -0.676. The molecule has 0 aliphatic heterocycles. The summed E-state index contributed by atoms with van der Waals surface area (Å²) in [6.07, 6.45) is 2.14. The molecule has 1 aromatic heterocycles. The molecule has 1 amide bonds. The number of hydrogen-bond acceptors (Lipinski definition) is 7. The third kappa shape index (κ3) is 9.16. The molecule has 0 aliphatic carbocycles. The van der Waals surface area contributed by atoms with Crippen LogP contribution in [0.5, 0.6) is 5.88 Å². The number of rotatable bonds is 12. The number of sulfonamides is 1. The molecule has 1 N–H and O–H groups in total. The lowest BCUT2D eigenvalue weighted by Gasteiger charge is -2.36. The van der Waals surface area contributed by atoms with Gasteiger partial charge in [-0.2, -0.15) is 0 Å². The number of aromatic nitrogens is 1. The average molecular weight is 582 g/mol. The maximum atomic E-state index is 13.5. The zero-order valence-electron chi connectivity index (χ0n) is 25.3. The summed E-state index contributed by atoms with van der Waals surface area (Å²) in [6.45, 7) is 19.3. The van der Waals surface area contributed by atoms with Crippen molar-refractivity contribution in [3.05, 3.63) is 30.5 Å². The molecule has 220 valence electrons. The Labute approximate surface area is 235 Å². The van der Waals surface area contributed by atoms with Gasteiger partial charge in [-0.05, 0) is 69.9 Å². The standard InChI is InChI=1S/C28H47N3O6SSi/c1-11-21(30-38(33,34)24-15-12-14-23-22(24)16-17-29-25(23)35-8)20-31(26(32)37-27(2,3)4)18-13-19-36-39(9,10)28(5,6)7/h12,14-17,21,30H,11,13,18-20H2,1-10H3. The predicted molar refractivity (Wildman–Crippen MR) is 158 cm³/mol. The topological polar surface area (TPSA) is 107 Å². The van der Waals surface area contributed by atoms with Gasteiger partial charge in [-0.3, -0.25) is 0 Å². The van der Waals surface area contributed by atoms with Gasteiger partial charge in [0, 0.05) is 42.7 Å². The van der Waals surface area contributed by atoms with Gasteiger partial charge in [0.05, 0.1) is 12.0 Å². The molecule has 11 heteroatoms. The van der Waals surface area contributed by atoms with Crippen molar-refractivity contribution in [2.45, 2.75) is 96.0 Å². The van der Waals surface area contributed by atoms with Crippen LogP contribution in [0.15, 0.2) is 35.4 Å². The molecule has 2 aromatic rings. The van der Waals surface area contributed by atoms with Crippen LogP contribution in [0.25, 0.3) is 10.8 Å². The molecule has 1 unspecified atom stereocenters. The smallest absolute Gasteiger partial charge is 0.410 e. The van der Waals surface area contributed by atoms with Gasteiger partial charge in [-0.25, -0.2) is 22.9 Å². The summed E-state index contributed by atoms with van der Waals surface area (Å²) in [5.74, 6) is 0.354. The second-order valence-electron chi connectivity index (χ2n) is 12.3. The number of benzene rings is 1. The molecular formula is C28H47N3O6SSi. The molecule has 1 atom stereocenters. The fourth-order valence-corrected chi connectivity index (χ4v) is 6.35. The SMILES string of the molecule is CCC(CN(CCCO[Si](C)(C)C(C)(C)C)C(=O)OC(C)(C)C)NS(=O)(=O)c1cccc2c(OC)nccc12. The van der Waals surface area contributed by atoms with Gasteiger partial charge in [-0.1, -0.05) is 33.8 Å². The summed E-state index contributed by atoms with van der Waals surface area (Å²) in [6, 6.07) is 6.12. The first-order valence-corrected chi connectivity index (χ1v) is 17.9. The van der Waals surface area contributed by atoms with Gasteiger partial charge in [0.2, 0.25) is 15.9 Å². The molecule has 39 heavy (non-hydrogen) atoms. The summed E-state index contributed by atoms with van der Waals surface area (Å²) < 4.78 is 47.1. The minimum atomic E-state index is -3.92. The molecule has 0 aliphatic rings. The zero-order chi connectivity index (χ0) is 29.6. The van der Waals surface area contributed by atoms with Crippen LogP contribution in [0.3, 0.4) is 0 Å². The lowest BCUT2D eigenvalue weighted by atomic mass is 10.2. The molecular weight excluding hydrogens is 534 g/mol. The molecule has 1 aromatic carbocycles. The fraction of sp³-hybridized carbons (Fsp3) is 0.643. The Morgan fingerprint density at radius 1 is 1.10 bits per heavy atom. The second kappa shape index (κ2) is 13.0. The van der Waals surface area contributed by atoms with E-state index in [1.807, 2.05) is 27.7 Å². The molecule has 9 nitrogen and oxygen atoms in total. The van der Waals surface area contributed by atoms with Crippen molar-refractivity contribution < 1.29 is 27.1 Å². The number of fused-ring (bicyclic) bond motifs is 1. The van der Waals surface area contributed by atoms with Gasteiger partial charge in [0.25, 0.3) is 0 Å². The van der Waals surface area contributed by atoms with Gasteiger partial charge in [0.15, 0.2) is 8.32 Å². The highest BCUT2D eigenvalue weighted by atomic mass is 32.2. The number of hydrogen-bond donors (Lipinski definition) is 1. The molecule has 1 heterocycles. The van der Waals surface area contributed by atoms with Crippen molar-refractivity contribution >= 4 is 35.2 Å². The third-order valence-electron chi connectivity index (χ3n) is 6.96. The summed E-state index contributed by atoms with van der Waals surface area (Å²) in [4.78, 5) is 19.0. The normalized spacial score (nSPS) is 13.8. The molecule has 0 spiro atoms. The Hall–Kier alpha value is -2.21. The Bertz CT molecular complexity index is 1220. The predicted octanol–water partition coefficient (Wildman–Crippen LogP) is 5.95. The monoisotopic (exact) mass is 581 g/mol. The van der Waals surface area contributed by atoms with Crippen LogP contribution in [0.1, 0.15) is 61.3 Å². The van der Waals surface area contributed by atoms with Crippen molar-refractivity contribution in [1.29, 1.82) is 0 Å². The highest BCUT2D eigenvalue weighted by molar-refractivity contribution is 7.89. The number of carbonyl (C=O) groups excluding carboxylic acids is 1. The second-order valence-corrected chi connectivity index (χ2v) is 18.8. The highest BCUT2D eigenvalue weighted by Gasteiger charge is 2.37. The van der Waals surface area contributed by atoms with E-state index in [0.29, 0.717) is 42.6 Å². The van der Waals surface area contributed by atoms with Crippen molar-refractivity contribution in [3.8, 4) is 5.88 Å². The molecule has 2 rings (SSSR count). The lowest BCUT2D eigenvalue weighted by molar-refractivity contribution is 0.0226. The van der Waals surface area contributed by atoms with Crippen LogP contribution < -0.4 is 9.46 Å². The van der Waals surface area contributed by atoms with Crippen molar-refractivity contribution in [3.63, 3.8) is 0 Å². The molecule has 0 saturated heterocycles. The lowest BCUT2D eigenvalue weighted by Crippen LogP contribution is -2.47. The largest absolute Gasteiger partial charge is 0.481 e. The Morgan fingerprint density at radius 3 is 2.33 bits per heavy atom. The first-order valence-electron chi connectivity index (χ1n) is 13.5. The summed E-state index contributed by atoms with van der Waals surface area (Å²) >= 11 is 0. The number of nitrogens with zero attached hydrogens (tertiary/aromatic N) is 2. The van der Waals surface area contributed by atoms with Crippen LogP contribution in [0.2, 0.25) is 18.1 Å². The maximum Gasteiger partial charge on any atom is 0.410 e. The van der Waals surface area contributed by atoms with Gasteiger partial charge < -0.3 is 18.8 Å². The van der Waals surface area contributed by atoms with Crippen molar-refractivity contribution in [2.24, 2.45) is 0 Å². The van der Waals surface area contributed by atoms with E-state index < -0.39 is 36.1 Å². The Morgan fingerprint density at radius 2 is 1.77 bits per heavy atom. The van der Waals surface area contributed by atoms with Crippen LogP contribution in [-0.2, 0) is 19.2 Å². The number of methoxy groups -OCH3 is 1. The maximum absolute atomic E-state index is 13.5.